The highest BCUT2D eigenvalue weighted by atomic mass is 127. The van der Waals surface area contributed by atoms with Crippen molar-refractivity contribution in [3.8, 4) is 5.75 Å². The maximum absolute atomic E-state index is 6.16. The Morgan fingerprint density at radius 1 is 1.16 bits per heavy atom. The third kappa shape index (κ3) is 9.42. The number of hydrogen-bond donors (Lipinski definition) is 2. The summed E-state index contributed by atoms with van der Waals surface area (Å²) in [6, 6.07) is 6.23. The molecular formula is C22H37IN6O2. The van der Waals surface area contributed by atoms with Crippen molar-refractivity contribution in [2.45, 2.75) is 59.7 Å². The van der Waals surface area contributed by atoms with Gasteiger partial charge in [0.15, 0.2) is 11.8 Å². The Kier molecular flexibility index (Phi) is 11.3. The van der Waals surface area contributed by atoms with Crippen LogP contribution in [0.25, 0.3) is 0 Å². The molecule has 0 aliphatic rings. The number of ether oxygens (including phenoxy) is 2. The number of nitrogens with one attached hydrogen (secondary N) is 2. The van der Waals surface area contributed by atoms with Gasteiger partial charge >= 0.3 is 0 Å². The summed E-state index contributed by atoms with van der Waals surface area (Å²) in [5, 5.41) is 15.0. The van der Waals surface area contributed by atoms with Crippen LogP contribution in [0.1, 0.15) is 50.0 Å². The number of aromatic nitrogens is 3. The molecule has 2 aromatic rings. The van der Waals surface area contributed by atoms with E-state index in [0.29, 0.717) is 25.7 Å². The Morgan fingerprint density at radius 3 is 2.52 bits per heavy atom. The average Bonchev–Trinajstić information content (AvgIpc) is 2.98. The van der Waals surface area contributed by atoms with Crippen molar-refractivity contribution in [1.82, 2.24) is 25.4 Å². The molecule has 1 heterocycles. The molecule has 2 N–H and O–H groups in total. The van der Waals surface area contributed by atoms with Crippen LogP contribution in [0.5, 0.6) is 5.75 Å². The lowest BCUT2D eigenvalue weighted by Crippen LogP contribution is -2.38. The number of hydrogen-bond acceptors (Lipinski definition) is 5. The largest absolute Gasteiger partial charge is 0.488 e. The third-order valence-corrected chi connectivity index (χ3v) is 4.46. The van der Waals surface area contributed by atoms with E-state index >= 15 is 0 Å². The Labute approximate surface area is 203 Å². The van der Waals surface area contributed by atoms with E-state index < -0.39 is 0 Å². The Bertz CT molecular complexity index is 845. The monoisotopic (exact) mass is 544 g/mol. The van der Waals surface area contributed by atoms with Gasteiger partial charge in [-0.05, 0) is 52.7 Å². The molecule has 0 amide bonds. The number of guanidine groups is 1. The quantitative estimate of drug-likeness (QED) is 0.218. The van der Waals surface area contributed by atoms with E-state index in [1.54, 1.807) is 7.11 Å². The number of halogens is 1. The highest BCUT2D eigenvalue weighted by Gasteiger charge is 2.15. The summed E-state index contributed by atoms with van der Waals surface area (Å²) in [6.45, 7) is 12.6. The Balaban J connectivity index is 0.00000480. The number of nitrogens with zero attached hydrogens (tertiary/aromatic N) is 4. The molecule has 9 heteroatoms. The second-order valence-electron chi connectivity index (χ2n) is 8.34. The third-order valence-electron chi connectivity index (χ3n) is 4.46. The van der Waals surface area contributed by atoms with Crippen LogP contribution in [0.2, 0.25) is 0 Å². The molecule has 0 unspecified atom stereocenters. The van der Waals surface area contributed by atoms with Crippen LogP contribution in [-0.4, -0.2) is 46.6 Å². The summed E-state index contributed by atoms with van der Waals surface area (Å²) >= 11 is 0. The minimum absolute atomic E-state index is 0. The van der Waals surface area contributed by atoms with Crippen LogP contribution in [0.15, 0.2) is 23.2 Å². The standard InChI is InChI=1S/C22H36N6O2.HI/c1-16-9-10-18(19(13-16)30-22(3,4)5)14-24-21(23-11-8-12-29-7)25-15-20-27-26-17(2)28(20)6;/h9-10,13H,8,11-12,14-15H2,1-7H3,(H2,23,24,25);1H. The summed E-state index contributed by atoms with van der Waals surface area (Å²) < 4.78 is 13.3. The fraction of sp³-hybridized carbons (Fsp3) is 0.591. The first-order valence-corrected chi connectivity index (χ1v) is 10.3. The molecule has 0 radical (unpaired) electrons. The first-order valence-electron chi connectivity index (χ1n) is 10.3. The molecule has 0 atom stereocenters. The van der Waals surface area contributed by atoms with Gasteiger partial charge in [0.25, 0.3) is 0 Å². The van der Waals surface area contributed by atoms with Gasteiger partial charge in [0.1, 0.15) is 17.2 Å². The van der Waals surface area contributed by atoms with Crippen LogP contribution < -0.4 is 15.4 Å². The van der Waals surface area contributed by atoms with E-state index in [2.05, 4.69) is 66.7 Å². The SMILES string of the molecule is COCCCNC(=NCc1ccc(C)cc1OC(C)(C)C)NCc1nnc(C)n1C.I. The van der Waals surface area contributed by atoms with E-state index in [9.17, 15) is 0 Å². The highest BCUT2D eigenvalue weighted by Crippen LogP contribution is 2.25. The van der Waals surface area contributed by atoms with Gasteiger partial charge in [-0.15, -0.1) is 34.2 Å². The van der Waals surface area contributed by atoms with Gasteiger partial charge in [-0.25, -0.2) is 4.99 Å². The number of benzene rings is 1. The van der Waals surface area contributed by atoms with Gasteiger partial charge in [0.2, 0.25) is 0 Å². The number of methoxy groups -OCH3 is 1. The van der Waals surface area contributed by atoms with Crippen LogP contribution in [-0.2, 0) is 24.9 Å². The summed E-state index contributed by atoms with van der Waals surface area (Å²) in [4.78, 5) is 4.78. The van der Waals surface area contributed by atoms with Crippen molar-refractivity contribution in [2.24, 2.45) is 12.0 Å². The lowest BCUT2D eigenvalue weighted by atomic mass is 10.1. The van der Waals surface area contributed by atoms with Crippen LogP contribution >= 0.6 is 24.0 Å². The van der Waals surface area contributed by atoms with Crippen molar-refractivity contribution in [3.05, 3.63) is 41.0 Å². The Hall–Kier alpha value is -1.88. The number of rotatable bonds is 9. The molecule has 0 aliphatic heterocycles. The van der Waals surface area contributed by atoms with E-state index in [0.717, 1.165) is 41.5 Å². The maximum Gasteiger partial charge on any atom is 0.191 e. The van der Waals surface area contributed by atoms with E-state index in [1.807, 2.05) is 18.5 Å². The van der Waals surface area contributed by atoms with Crippen molar-refractivity contribution in [1.29, 1.82) is 0 Å². The fourth-order valence-electron chi connectivity index (χ4n) is 2.75. The lowest BCUT2D eigenvalue weighted by molar-refractivity contribution is 0.129. The number of aliphatic imine (C=N–C) groups is 1. The fourth-order valence-corrected chi connectivity index (χ4v) is 2.75. The molecular weight excluding hydrogens is 507 g/mol. The van der Waals surface area contributed by atoms with Gasteiger partial charge in [0, 0.05) is 32.9 Å². The van der Waals surface area contributed by atoms with Gasteiger partial charge in [-0.3, -0.25) is 0 Å². The summed E-state index contributed by atoms with van der Waals surface area (Å²) in [7, 11) is 3.66. The first kappa shape index (κ1) is 27.2. The van der Waals surface area contributed by atoms with E-state index in [4.69, 9.17) is 14.5 Å². The van der Waals surface area contributed by atoms with Gasteiger partial charge in [-0.1, -0.05) is 12.1 Å². The van der Waals surface area contributed by atoms with Crippen LogP contribution in [0.3, 0.4) is 0 Å². The van der Waals surface area contributed by atoms with Crippen molar-refractivity contribution in [3.63, 3.8) is 0 Å². The predicted molar refractivity (Wildman–Crippen MR) is 135 cm³/mol. The second-order valence-corrected chi connectivity index (χ2v) is 8.34. The average molecular weight is 544 g/mol. The maximum atomic E-state index is 6.16. The van der Waals surface area contributed by atoms with Crippen molar-refractivity contribution >= 4 is 29.9 Å². The lowest BCUT2D eigenvalue weighted by Gasteiger charge is -2.23. The first-order chi connectivity index (χ1) is 14.2. The van der Waals surface area contributed by atoms with E-state index in [-0.39, 0.29) is 29.6 Å². The van der Waals surface area contributed by atoms with Crippen LogP contribution in [0.4, 0.5) is 0 Å². The topological polar surface area (TPSA) is 85.6 Å². The van der Waals surface area contributed by atoms with Crippen molar-refractivity contribution < 1.29 is 9.47 Å². The molecule has 0 bridgehead atoms. The van der Waals surface area contributed by atoms with Gasteiger partial charge < -0.3 is 24.7 Å². The summed E-state index contributed by atoms with van der Waals surface area (Å²) in [5.74, 6) is 3.32. The van der Waals surface area contributed by atoms with Crippen molar-refractivity contribution in [2.75, 3.05) is 20.3 Å². The molecule has 0 aliphatic carbocycles. The molecule has 0 saturated heterocycles. The summed E-state index contributed by atoms with van der Waals surface area (Å²) in [5.41, 5.74) is 1.94. The molecule has 0 saturated carbocycles. The smallest absolute Gasteiger partial charge is 0.191 e. The normalized spacial score (nSPS) is 11.8. The predicted octanol–water partition coefficient (Wildman–Crippen LogP) is 3.50. The molecule has 31 heavy (non-hydrogen) atoms. The molecule has 8 nitrogen and oxygen atoms in total. The highest BCUT2D eigenvalue weighted by molar-refractivity contribution is 14.0. The molecule has 2 rings (SSSR count). The molecule has 1 aromatic heterocycles. The zero-order valence-electron chi connectivity index (χ0n) is 19.8. The second kappa shape index (κ2) is 12.8. The summed E-state index contributed by atoms with van der Waals surface area (Å²) in [6.07, 6.45) is 0.892. The Morgan fingerprint density at radius 2 is 1.90 bits per heavy atom. The molecule has 1 aromatic carbocycles. The minimum Gasteiger partial charge on any atom is -0.488 e. The number of aryl methyl sites for hydroxylation is 2. The van der Waals surface area contributed by atoms with Gasteiger partial charge in [-0.2, -0.15) is 0 Å². The zero-order valence-corrected chi connectivity index (χ0v) is 22.1. The zero-order chi connectivity index (χ0) is 22.1. The van der Waals surface area contributed by atoms with Gasteiger partial charge in [0.05, 0.1) is 13.1 Å². The molecule has 174 valence electrons. The minimum atomic E-state index is -0.269. The molecule has 0 fully saturated rings. The van der Waals surface area contributed by atoms with Crippen LogP contribution in [0, 0.1) is 13.8 Å². The molecule has 0 spiro atoms. The van der Waals surface area contributed by atoms with E-state index in [1.165, 1.54) is 0 Å².